The molecule has 0 unspecified atom stereocenters. The lowest BCUT2D eigenvalue weighted by Gasteiger charge is -2.32. The van der Waals surface area contributed by atoms with Crippen molar-refractivity contribution >= 4 is 11.9 Å². The summed E-state index contributed by atoms with van der Waals surface area (Å²) in [6, 6.07) is 5.67. The Labute approximate surface area is 117 Å². The van der Waals surface area contributed by atoms with E-state index < -0.39 is 11.8 Å². The molecule has 1 amide bonds. The zero-order valence-electron chi connectivity index (χ0n) is 11.2. The summed E-state index contributed by atoms with van der Waals surface area (Å²) in [4.78, 5) is 24.6. The lowest BCUT2D eigenvalue weighted by Crippen LogP contribution is -2.40. The maximum atomic E-state index is 13.1. The molecule has 1 fully saturated rings. The summed E-state index contributed by atoms with van der Waals surface area (Å²) in [6.45, 7) is 1.21. The van der Waals surface area contributed by atoms with Crippen molar-refractivity contribution in [2.24, 2.45) is 5.92 Å². The van der Waals surface area contributed by atoms with Gasteiger partial charge in [-0.2, -0.15) is 0 Å². The number of halogens is 1. The van der Waals surface area contributed by atoms with Crippen LogP contribution in [-0.4, -0.2) is 35.0 Å². The fourth-order valence-corrected chi connectivity index (χ4v) is 2.62. The van der Waals surface area contributed by atoms with Gasteiger partial charge in [-0.25, -0.2) is 4.39 Å². The van der Waals surface area contributed by atoms with Gasteiger partial charge in [-0.3, -0.25) is 9.59 Å². The van der Waals surface area contributed by atoms with E-state index in [0.717, 1.165) is 12.8 Å². The number of aliphatic carboxylic acids is 1. The van der Waals surface area contributed by atoms with Crippen LogP contribution in [0.25, 0.3) is 0 Å². The average Bonchev–Trinajstić information content (AvgIpc) is 2.44. The number of amides is 1. The van der Waals surface area contributed by atoms with Crippen LogP contribution in [0.4, 0.5) is 4.39 Å². The van der Waals surface area contributed by atoms with Crippen LogP contribution in [0.15, 0.2) is 24.3 Å². The number of carbonyl (C=O) groups is 2. The highest BCUT2D eigenvalue weighted by Crippen LogP contribution is 2.22. The van der Waals surface area contributed by atoms with E-state index in [2.05, 4.69) is 0 Å². The quantitative estimate of drug-likeness (QED) is 0.921. The third-order valence-corrected chi connectivity index (χ3v) is 3.64. The lowest BCUT2D eigenvalue weighted by atomic mass is 9.93. The van der Waals surface area contributed by atoms with Gasteiger partial charge in [0.15, 0.2) is 0 Å². The number of piperidine rings is 1. The Morgan fingerprint density at radius 1 is 1.40 bits per heavy atom. The van der Waals surface area contributed by atoms with Crippen molar-refractivity contribution in [3.63, 3.8) is 0 Å². The SMILES string of the molecule is O=C(O)CC[C@H]1CCCN(C(=O)c2cccc(F)c2)C1. The Hall–Kier alpha value is -1.91. The van der Waals surface area contributed by atoms with E-state index in [0.29, 0.717) is 25.1 Å². The molecule has 1 heterocycles. The van der Waals surface area contributed by atoms with Gasteiger partial charge in [0.2, 0.25) is 0 Å². The molecule has 1 aromatic carbocycles. The number of likely N-dealkylation sites (tertiary alicyclic amines) is 1. The van der Waals surface area contributed by atoms with Crippen LogP contribution in [0.5, 0.6) is 0 Å². The molecule has 1 N–H and O–H groups in total. The molecule has 1 atom stereocenters. The molecule has 1 aliphatic rings. The Bertz CT molecular complexity index is 504. The van der Waals surface area contributed by atoms with Crippen LogP contribution in [0.3, 0.4) is 0 Å². The van der Waals surface area contributed by atoms with Crippen molar-refractivity contribution in [3.8, 4) is 0 Å². The van der Waals surface area contributed by atoms with Crippen LogP contribution in [0, 0.1) is 11.7 Å². The van der Waals surface area contributed by atoms with Crippen LogP contribution < -0.4 is 0 Å². The summed E-state index contributed by atoms with van der Waals surface area (Å²) >= 11 is 0. The van der Waals surface area contributed by atoms with Gasteiger partial charge in [0.05, 0.1) is 0 Å². The van der Waals surface area contributed by atoms with Gasteiger partial charge in [0, 0.05) is 25.1 Å². The molecule has 1 aromatic rings. The number of hydrogen-bond acceptors (Lipinski definition) is 2. The number of nitrogens with zero attached hydrogens (tertiary/aromatic N) is 1. The van der Waals surface area contributed by atoms with Crippen LogP contribution in [0.1, 0.15) is 36.0 Å². The molecular formula is C15H18FNO3. The molecule has 0 spiro atoms. The number of benzene rings is 1. The fraction of sp³-hybridized carbons (Fsp3) is 0.467. The smallest absolute Gasteiger partial charge is 0.303 e. The summed E-state index contributed by atoms with van der Waals surface area (Å²) in [5.74, 6) is -1.18. The second-order valence-corrected chi connectivity index (χ2v) is 5.20. The molecule has 0 aliphatic carbocycles. The van der Waals surface area contributed by atoms with Gasteiger partial charge in [-0.05, 0) is 43.4 Å². The first kappa shape index (κ1) is 14.5. The van der Waals surface area contributed by atoms with Gasteiger partial charge >= 0.3 is 5.97 Å². The molecule has 108 valence electrons. The molecule has 0 saturated carbocycles. The second kappa shape index (κ2) is 6.50. The summed E-state index contributed by atoms with van der Waals surface area (Å²) in [6.07, 6.45) is 2.53. The highest BCUT2D eigenvalue weighted by atomic mass is 19.1. The Morgan fingerprint density at radius 2 is 2.20 bits per heavy atom. The number of carbonyl (C=O) groups excluding carboxylic acids is 1. The summed E-state index contributed by atoms with van der Waals surface area (Å²) in [5.41, 5.74) is 0.351. The lowest BCUT2D eigenvalue weighted by molar-refractivity contribution is -0.137. The third-order valence-electron chi connectivity index (χ3n) is 3.64. The van der Waals surface area contributed by atoms with Crippen molar-refractivity contribution in [1.29, 1.82) is 0 Å². The Kier molecular flexibility index (Phi) is 4.71. The van der Waals surface area contributed by atoms with E-state index in [4.69, 9.17) is 5.11 Å². The van der Waals surface area contributed by atoms with E-state index in [1.165, 1.54) is 18.2 Å². The van der Waals surface area contributed by atoms with Gasteiger partial charge in [-0.15, -0.1) is 0 Å². The van der Waals surface area contributed by atoms with Crippen molar-refractivity contribution in [2.75, 3.05) is 13.1 Å². The normalized spacial score (nSPS) is 18.9. The highest BCUT2D eigenvalue weighted by molar-refractivity contribution is 5.94. The minimum absolute atomic E-state index is 0.132. The summed E-state index contributed by atoms with van der Waals surface area (Å²) in [7, 11) is 0. The first-order valence-electron chi connectivity index (χ1n) is 6.83. The molecule has 1 aliphatic heterocycles. The van der Waals surface area contributed by atoms with Gasteiger partial charge < -0.3 is 10.0 Å². The minimum Gasteiger partial charge on any atom is -0.481 e. The molecule has 0 bridgehead atoms. The van der Waals surface area contributed by atoms with E-state index in [-0.39, 0.29) is 18.2 Å². The maximum Gasteiger partial charge on any atom is 0.303 e. The maximum absolute atomic E-state index is 13.1. The number of carboxylic acids is 1. The molecule has 0 radical (unpaired) electrons. The van der Waals surface area contributed by atoms with Crippen molar-refractivity contribution < 1.29 is 19.1 Å². The predicted molar refractivity (Wildman–Crippen MR) is 71.9 cm³/mol. The predicted octanol–water partition coefficient (Wildman–Crippen LogP) is 2.54. The van der Waals surface area contributed by atoms with Gasteiger partial charge in [0.1, 0.15) is 5.82 Å². The van der Waals surface area contributed by atoms with E-state index >= 15 is 0 Å². The number of carboxylic acid groups (broad SMARTS) is 1. The van der Waals surface area contributed by atoms with Crippen LogP contribution in [-0.2, 0) is 4.79 Å². The van der Waals surface area contributed by atoms with E-state index in [1.807, 2.05) is 0 Å². The molecule has 20 heavy (non-hydrogen) atoms. The molecule has 5 heteroatoms. The van der Waals surface area contributed by atoms with Gasteiger partial charge in [0.25, 0.3) is 5.91 Å². The monoisotopic (exact) mass is 279 g/mol. The zero-order chi connectivity index (χ0) is 14.5. The second-order valence-electron chi connectivity index (χ2n) is 5.20. The fourth-order valence-electron chi connectivity index (χ4n) is 2.62. The first-order chi connectivity index (χ1) is 9.56. The standard InChI is InChI=1S/C15H18FNO3/c16-13-5-1-4-12(9-13)15(20)17-8-2-3-11(10-17)6-7-14(18)19/h1,4-5,9,11H,2-3,6-8,10H2,(H,18,19)/t11-/m1/s1. The topological polar surface area (TPSA) is 57.6 Å². The highest BCUT2D eigenvalue weighted by Gasteiger charge is 2.24. The summed E-state index contributed by atoms with van der Waals surface area (Å²) in [5, 5.41) is 8.71. The molecule has 0 aromatic heterocycles. The molecule has 1 saturated heterocycles. The van der Waals surface area contributed by atoms with E-state index in [9.17, 15) is 14.0 Å². The number of hydrogen-bond donors (Lipinski definition) is 1. The molecular weight excluding hydrogens is 261 g/mol. The van der Waals surface area contributed by atoms with Crippen LogP contribution in [0.2, 0.25) is 0 Å². The Balaban J connectivity index is 1.98. The van der Waals surface area contributed by atoms with Crippen molar-refractivity contribution in [2.45, 2.75) is 25.7 Å². The minimum atomic E-state index is -0.807. The zero-order valence-corrected chi connectivity index (χ0v) is 11.2. The van der Waals surface area contributed by atoms with E-state index in [1.54, 1.807) is 11.0 Å². The van der Waals surface area contributed by atoms with Crippen molar-refractivity contribution in [3.05, 3.63) is 35.6 Å². The summed E-state index contributed by atoms with van der Waals surface area (Å²) < 4.78 is 13.1. The first-order valence-corrected chi connectivity index (χ1v) is 6.83. The van der Waals surface area contributed by atoms with Crippen molar-refractivity contribution in [1.82, 2.24) is 4.90 Å². The molecule has 4 nitrogen and oxygen atoms in total. The van der Waals surface area contributed by atoms with Crippen LogP contribution >= 0.6 is 0 Å². The largest absolute Gasteiger partial charge is 0.481 e. The molecule has 2 rings (SSSR count). The third kappa shape index (κ3) is 3.79. The van der Waals surface area contributed by atoms with Gasteiger partial charge in [-0.1, -0.05) is 6.07 Å². The Morgan fingerprint density at radius 3 is 2.90 bits per heavy atom. The average molecular weight is 279 g/mol. The number of rotatable bonds is 4.